The fourth-order valence-corrected chi connectivity index (χ4v) is 4.53. The fraction of sp³-hybridized carbons (Fsp3) is 0.429. The summed E-state index contributed by atoms with van der Waals surface area (Å²) in [6, 6.07) is 15.3. The highest BCUT2D eigenvalue weighted by Gasteiger charge is 2.43. The van der Waals surface area contributed by atoms with Crippen molar-refractivity contribution in [3.05, 3.63) is 65.4 Å². The number of rotatable bonds is 5. The zero-order valence-corrected chi connectivity index (χ0v) is 20.4. The number of ether oxygens (including phenoxy) is 1. The first-order valence-electron chi connectivity index (χ1n) is 11.9. The molecule has 174 valence electrons. The quantitative estimate of drug-likeness (QED) is 0.577. The normalized spacial score (nSPS) is 17.8. The Morgan fingerprint density at radius 3 is 2.06 bits per heavy atom. The highest BCUT2D eigenvalue weighted by Crippen LogP contribution is 2.37. The van der Waals surface area contributed by atoms with Crippen molar-refractivity contribution in [3.63, 3.8) is 0 Å². The summed E-state index contributed by atoms with van der Waals surface area (Å²) >= 11 is 0. The lowest BCUT2D eigenvalue weighted by molar-refractivity contribution is -0.120. The van der Waals surface area contributed by atoms with E-state index in [4.69, 9.17) is 4.74 Å². The summed E-state index contributed by atoms with van der Waals surface area (Å²) < 4.78 is 5.57. The Hall–Kier alpha value is -3.08. The van der Waals surface area contributed by atoms with Crippen LogP contribution < -0.4 is 9.64 Å². The van der Waals surface area contributed by atoms with Crippen LogP contribution in [0.3, 0.4) is 0 Å². The van der Waals surface area contributed by atoms with Gasteiger partial charge in [-0.3, -0.25) is 9.59 Å². The predicted molar refractivity (Wildman–Crippen MR) is 132 cm³/mol. The maximum absolute atomic E-state index is 13.7. The molecule has 0 unspecified atom stereocenters. The molecule has 0 atom stereocenters. The van der Waals surface area contributed by atoms with Gasteiger partial charge in [-0.1, -0.05) is 52.0 Å². The molecule has 2 aromatic rings. The first-order valence-corrected chi connectivity index (χ1v) is 11.9. The van der Waals surface area contributed by atoms with Gasteiger partial charge in [0.2, 0.25) is 0 Å². The summed E-state index contributed by atoms with van der Waals surface area (Å²) in [7, 11) is 0. The number of imide groups is 1. The molecule has 5 nitrogen and oxygen atoms in total. The van der Waals surface area contributed by atoms with E-state index in [9.17, 15) is 9.59 Å². The number of carbonyl (C=O) groups excluding carboxylic acids is 2. The van der Waals surface area contributed by atoms with Crippen LogP contribution in [0.25, 0.3) is 5.57 Å². The first-order chi connectivity index (χ1) is 15.7. The third-order valence-electron chi connectivity index (χ3n) is 6.60. The van der Waals surface area contributed by atoms with Crippen LogP contribution in [0.1, 0.15) is 58.6 Å². The molecule has 2 amide bonds. The minimum Gasteiger partial charge on any atom is -0.494 e. The molecule has 2 aliphatic rings. The summed E-state index contributed by atoms with van der Waals surface area (Å²) in [5.41, 5.74) is 3.53. The zero-order chi connectivity index (χ0) is 23.8. The van der Waals surface area contributed by atoms with Gasteiger partial charge in [0.05, 0.1) is 17.9 Å². The third kappa shape index (κ3) is 4.54. The SMILES string of the molecule is CCOc1ccc(C2=C(N3CCC(C)CC3)C(=O)N(c3ccc(C(C)(C)C)cc3)C2=O)cc1. The van der Waals surface area contributed by atoms with Gasteiger partial charge in [-0.05, 0) is 66.5 Å². The van der Waals surface area contributed by atoms with Gasteiger partial charge < -0.3 is 9.64 Å². The number of amides is 2. The third-order valence-corrected chi connectivity index (χ3v) is 6.60. The van der Waals surface area contributed by atoms with Crippen LogP contribution in [-0.4, -0.2) is 36.4 Å². The number of hydrogen-bond acceptors (Lipinski definition) is 4. The van der Waals surface area contributed by atoms with Crippen molar-refractivity contribution in [1.82, 2.24) is 4.90 Å². The summed E-state index contributed by atoms with van der Waals surface area (Å²) in [4.78, 5) is 30.9. The summed E-state index contributed by atoms with van der Waals surface area (Å²) in [5, 5.41) is 0. The van der Waals surface area contributed by atoms with E-state index < -0.39 is 0 Å². The lowest BCUT2D eigenvalue weighted by atomic mass is 9.87. The molecule has 1 fully saturated rings. The Bertz CT molecular complexity index is 1050. The Labute approximate surface area is 197 Å². The topological polar surface area (TPSA) is 49.9 Å². The van der Waals surface area contributed by atoms with Crippen LogP contribution in [0.5, 0.6) is 5.75 Å². The fourth-order valence-electron chi connectivity index (χ4n) is 4.53. The molecule has 0 N–H and O–H groups in total. The molecule has 0 radical (unpaired) electrons. The molecule has 2 aliphatic heterocycles. The van der Waals surface area contributed by atoms with E-state index >= 15 is 0 Å². The number of nitrogens with zero attached hydrogens (tertiary/aromatic N) is 2. The molecule has 0 spiro atoms. The van der Waals surface area contributed by atoms with Crippen LogP contribution in [0.2, 0.25) is 0 Å². The number of carbonyl (C=O) groups is 2. The van der Waals surface area contributed by atoms with Crippen LogP contribution >= 0.6 is 0 Å². The first kappa shape index (κ1) is 23.1. The van der Waals surface area contributed by atoms with E-state index in [2.05, 4.69) is 32.6 Å². The molecule has 0 saturated carbocycles. The minimum absolute atomic E-state index is 0.00106. The standard InChI is InChI=1S/C28H34N2O3/c1-6-33-23-13-7-20(8-14-23)24-25(29-17-15-19(2)16-18-29)27(32)30(26(24)31)22-11-9-21(10-12-22)28(3,4)5/h7-14,19H,6,15-18H2,1-5H3. The summed E-state index contributed by atoms with van der Waals surface area (Å²) in [5.74, 6) is 0.883. The van der Waals surface area contributed by atoms with Gasteiger partial charge in [0.1, 0.15) is 11.4 Å². The van der Waals surface area contributed by atoms with Crippen LogP contribution in [-0.2, 0) is 15.0 Å². The molecule has 1 saturated heterocycles. The second-order valence-corrected chi connectivity index (χ2v) is 10.1. The number of piperidine rings is 1. The van der Waals surface area contributed by atoms with Gasteiger partial charge in [-0.25, -0.2) is 4.90 Å². The zero-order valence-electron chi connectivity index (χ0n) is 20.4. The summed E-state index contributed by atoms with van der Waals surface area (Å²) in [6.07, 6.45) is 2.03. The maximum Gasteiger partial charge on any atom is 0.282 e. The smallest absolute Gasteiger partial charge is 0.282 e. The Morgan fingerprint density at radius 2 is 1.52 bits per heavy atom. The molecule has 0 aromatic heterocycles. The molecule has 5 heteroatoms. The minimum atomic E-state index is -0.263. The molecule has 2 heterocycles. The van der Waals surface area contributed by atoms with Gasteiger partial charge in [0.15, 0.2) is 0 Å². The van der Waals surface area contributed by atoms with Gasteiger partial charge in [0, 0.05) is 13.1 Å². The monoisotopic (exact) mass is 446 g/mol. The van der Waals surface area contributed by atoms with Crippen molar-refractivity contribution < 1.29 is 14.3 Å². The summed E-state index contributed by atoms with van der Waals surface area (Å²) in [6.45, 7) is 12.8. The highest BCUT2D eigenvalue weighted by atomic mass is 16.5. The average molecular weight is 447 g/mol. The maximum atomic E-state index is 13.7. The van der Waals surface area contributed by atoms with E-state index in [-0.39, 0.29) is 17.2 Å². The van der Waals surface area contributed by atoms with Crippen molar-refractivity contribution in [3.8, 4) is 5.75 Å². The van der Waals surface area contributed by atoms with Gasteiger partial charge >= 0.3 is 0 Å². The molecular weight excluding hydrogens is 412 g/mol. The van der Waals surface area contributed by atoms with Crippen molar-refractivity contribution in [1.29, 1.82) is 0 Å². The second kappa shape index (κ2) is 9.05. The van der Waals surface area contributed by atoms with Crippen molar-refractivity contribution in [2.75, 3.05) is 24.6 Å². The molecule has 33 heavy (non-hydrogen) atoms. The molecule has 4 rings (SSSR count). The number of likely N-dealkylation sites (tertiary alicyclic amines) is 1. The van der Waals surface area contributed by atoms with Crippen LogP contribution in [0.15, 0.2) is 54.2 Å². The van der Waals surface area contributed by atoms with Crippen LogP contribution in [0.4, 0.5) is 5.69 Å². The van der Waals surface area contributed by atoms with Gasteiger partial charge in [-0.15, -0.1) is 0 Å². The van der Waals surface area contributed by atoms with E-state index in [1.807, 2.05) is 55.5 Å². The van der Waals surface area contributed by atoms with Gasteiger partial charge in [0.25, 0.3) is 11.8 Å². The number of hydrogen-bond donors (Lipinski definition) is 0. The number of anilines is 1. The lowest BCUT2D eigenvalue weighted by Gasteiger charge is -2.32. The van der Waals surface area contributed by atoms with E-state index in [1.54, 1.807) is 0 Å². The average Bonchev–Trinajstić information content (AvgIpc) is 3.04. The number of benzene rings is 2. The molecule has 0 bridgehead atoms. The van der Waals surface area contributed by atoms with E-state index in [0.29, 0.717) is 29.5 Å². The largest absolute Gasteiger partial charge is 0.494 e. The highest BCUT2D eigenvalue weighted by molar-refractivity contribution is 6.45. The van der Waals surface area contributed by atoms with Crippen LogP contribution in [0, 0.1) is 5.92 Å². The van der Waals surface area contributed by atoms with E-state index in [1.165, 1.54) is 4.90 Å². The predicted octanol–water partition coefficient (Wildman–Crippen LogP) is 5.40. The Morgan fingerprint density at radius 1 is 0.909 bits per heavy atom. The molecule has 0 aliphatic carbocycles. The second-order valence-electron chi connectivity index (χ2n) is 10.1. The Balaban J connectivity index is 1.74. The lowest BCUT2D eigenvalue weighted by Crippen LogP contribution is -2.38. The molecule has 2 aromatic carbocycles. The van der Waals surface area contributed by atoms with Crippen molar-refractivity contribution in [2.24, 2.45) is 5.92 Å². The van der Waals surface area contributed by atoms with Crippen molar-refractivity contribution in [2.45, 2.75) is 52.9 Å². The Kier molecular flexibility index (Phi) is 6.33. The van der Waals surface area contributed by atoms with Crippen molar-refractivity contribution >= 4 is 23.1 Å². The van der Waals surface area contributed by atoms with E-state index in [0.717, 1.165) is 42.8 Å². The molecular formula is C28H34N2O3. The van der Waals surface area contributed by atoms with Gasteiger partial charge in [-0.2, -0.15) is 0 Å².